The molecule has 1 unspecified atom stereocenters. The molecule has 132 valence electrons. The molecule has 0 amide bonds. The lowest BCUT2D eigenvalue weighted by Crippen LogP contribution is -2.31. The van der Waals surface area contributed by atoms with Gasteiger partial charge in [-0.3, -0.25) is 9.59 Å². The van der Waals surface area contributed by atoms with Gasteiger partial charge in [0.25, 0.3) is 5.56 Å². The lowest BCUT2D eigenvalue weighted by atomic mass is 10.1. The van der Waals surface area contributed by atoms with E-state index in [0.717, 1.165) is 12.8 Å². The van der Waals surface area contributed by atoms with Crippen LogP contribution in [0, 0.1) is 0 Å². The Labute approximate surface area is 146 Å². The van der Waals surface area contributed by atoms with Gasteiger partial charge in [0.1, 0.15) is 0 Å². The first-order valence-electron chi connectivity index (χ1n) is 8.23. The van der Waals surface area contributed by atoms with E-state index in [9.17, 15) is 18.0 Å². The van der Waals surface area contributed by atoms with Crippen LogP contribution >= 0.6 is 0 Å². The van der Waals surface area contributed by atoms with Crippen molar-refractivity contribution in [3.8, 4) is 0 Å². The third-order valence-corrected chi connectivity index (χ3v) is 6.35. The number of hydrogen-bond donors (Lipinski definition) is 0. The summed E-state index contributed by atoms with van der Waals surface area (Å²) in [6, 6.07) is 10.4. The van der Waals surface area contributed by atoms with E-state index in [1.54, 1.807) is 37.3 Å². The number of nitrogens with zero attached hydrogens (tertiary/aromatic N) is 2. The molecule has 0 aliphatic carbocycles. The van der Waals surface area contributed by atoms with Gasteiger partial charge in [0, 0.05) is 30.9 Å². The molecule has 1 aromatic carbocycles. The van der Waals surface area contributed by atoms with Gasteiger partial charge in [-0.25, -0.2) is 8.42 Å². The maximum Gasteiger partial charge on any atom is 0.251 e. The first-order chi connectivity index (χ1) is 11.9. The Morgan fingerprint density at radius 2 is 1.68 bits per heavy atom. The number of carbonyl (C=O) groups is 1. The molecular formula is C18H20N2O4S. The van der Waals surface area contributed by atoms with Crippen LogP contribution in [-0.2, 0) is 10.0 Å². The maximum atomic E-state index is 12.7. The van der Waals surface area contributed by atoms with E-state index in [-0.39, 0.29) is 10.7 Å². The Morgan fingerprint density at radius 1 is 1.04 bits per heavy atom. The molecule has 0 radical (unpaired) electrons. The van der Waals surface area contributed by atoms with Crippen molar-refractivity contribution in [3.63, 3.8) is 0 Å². The fourth-order valence-electron chi connectivity index (χ4n) is 2.99. The van der Waals surface area contributed by atoms with Crippen molar-refractivity contribution in [2.45, 2.75) is 30.7 Å². The molecule has 7 heteroatoms. The van der Waals surface area contributed by atoms with E-state index in [1.807, 2.05) is 0 Å². The molecule has 0 saturated carbocycles. The topological polar surface area (TPSA) is 76.5 Å². The summed E-state index contributed by atoms with van der Waals surface area (Å²) in [5, 5.41) is 0. The lowest BCUT2D eigenvalue weighted by molar-refractivity contribution is 0.0932. The molecule has 0 spiro atoms. The van der Waals surface area contributed by atoms with Crippen molar-refractivity contribution >= 4 is 15.8 Å². The smallest absolute Gasteiger partial charge is 0.251 e. The average molecular weight is 360 g/mol. The monoisotopic (exact) mass is 360 g/mol. The van der Waals surface area contributed by atoms with Crippen LogP contribution in [0.1, 0.15) is 36.2 Å². The van der Waals surface area contributed by atoms with Crippen molar-refractivity contribution in [1.29, 1.82) is 0 Å². The molecule has 6 nitrogen and oxygen atoms in total. The Bertz CT molecular complexity index is 929. The molecule has 1 aliphatic rings. The zero-order valence-corrected chi connectivity index (χ0v) is 14.8. The van der Waals surface area contributed by atoms with Gasteiger partial charge in [0.2, 0.25) is 10.0 Å². The van der Waals surface area contributed by atoms with Crippen molar-refractivity contribution in [2.75, 3.05) is 13.1 Å². The number of ketones is 1. The quantitative estimate of drug-likeness (QED) is 0.765. The minimum atomic E-state index is -3.64. The summed E-state index contributed by atoms with van der Waals surface area (Å²) in [4.78, 5) is 24.8. The summed E-state index contributed by atoms with van der Waals surface area (Å²) in [5.74, 6) is -0.238. The highest BCUT2D eigenvalue weighted by Crippen LogP contribution is 2.21. The standard InChI is InChI=1S/C18H20N2O4S/c1-14(18(22)15-7-3-2-4-8-15)20-13-16(9-10-17(20)21)25(23,24)19-11-5-6-12-19/h2-4,7-10,13-14H,5-6,11-12H2,1H3. The van der Waals surface area contributed by atoms with Gasteiger partial charge in [0.15, 0.2) is 5.78 Å². The number of pyridine rings is 1. The van der Waals surface area contributed by atoms with Crippen molar-refractivity contribution in [3.05, 3.63) is 64.6 Å². The van der Waals surface area contributed by atoms with E-state index in [4.69, 9.17) is 0 Å². The highest BCUT2D eigenvalue weighted by molar-refractivity contribution is 7.89. The summed E-state index contributed by atoms with van der Waals surface area (Å²) < 4.78 is 28.0. The summed E-state index contributed by atoms with van der Waals surface area (Å²) in [6.07, 6.45) is 2.95. The molecule has 1 saturated heterocycles. The molecule has 25 heavy (non-hydrogen) atoms. The van der Waals surface area contributed by atoms with Crippen LogP contribution in [0.15, 0.2) is 58.4 Å². The van der Waals surface area contributed by atoms with Crippen LogP contribution in [0.4, 0.5) is 0 Å². The fraction of sp³-hybridized carbons (Fsp3) is 0.333. The Hall–Kier alpha value is -2.25. The third kappa shape index (κ3) is 3.43. The van der Waals surface area contributed by atoms with E-state index < -0.39 is 21.6 Å². The molecule has 0 N–H and O–H groups in total. The summed E-state index contributed by atoms with van der Waals surface area (Å²) in [7, 11) is -3.64. The predicted octanol–water partition coefficient (Wildman–Crippen LogP) is 2.08. The highest BCUT2D eigenvalue weighted by atomic mass is 32.2. The van der Waals surface area contributed by atoms with E-state index in [2.05, 4.69) is 0 Å². The number of sulfonamides is 1. The largest absolute Gasteiger partial charge is 0.304 e. The van der Waals surface area contributed by atoms with Crippen LogP contribution in [0.5, 0.6) is 0 Å². The summed E-state index contributed by atoms with van der Waals surface area (Å²) in [5.41, 5.74) is 0.0758. The molecule has 2 aromatic rings. The van der Waals surface area contributed by atoms with Crippen molar-refractivity contribution in [1.82, 2.24) is 8.87 Å². The second kappa shape index (κ2) is 6.93. The van der Waals surface area contributed by atoms with Crippen molar-refractivity contribution in [2.24, 2.45) is 0 Å². The number of carbonyl (C=O) groups excluding carboxylic acids is 1. The molecule has 1 atom stereocenters. The van der Waals surface area contributed by atoms with Crippen LogP contribution in [-0.4, -0.2) is 36.2 Å². The van der Waals surface area contributed by atoms with Gasteiger partial charge in [-0.15, -0.1) is 0 Å². The summed E-state index contributed by atoms with van der Waals surface area (Å²) in [6.45, 7) is 2.57. The number of Topliss-reactive ketones (excluding diaryl/α,β-unsaturated/α-hetero) is 1. The molecule has 0 bridgehead atoms. The van der Waals surface area contributed by atoms with E-state index in [0.29, 0.717) is 18.7 Å². The Kier molecular flexibility index (Phi) is 4.87. The number of benzene rings is 1. The number of hydrogen-bond acceptors (Lipinski definition) is 4. The number of rotatable bonds is 5. The normalized spacial score (nSPS) is 16.7. The van der Waals surface area contributed by atoms with Gasteiger partial charge in [0.05, 0.1) is 10.9 Å². The van der Waals surface area contributed by atoms with Gasteiger partial charge >= 0.3 is 0 Å². The van der Waals surface area contributed by atoms with Crippen LogP contribution in [0.3, 0.4) is 0 Å². The Morgan fingerprint density at radius 3 is 2.32 bits per heavy atom. The lowest BCUT2D eigenvalue weighted by Gasteiger charge is -2.18. The molecule has 1 fully saturated rings. The van der Waals surface area contributed by atoms with Gasteiger partial charge in [-0.1, -0.05) is 30.3 Å². The van der Waals surface area contributed by atoms with Crippen molar-refractivity contribution < 1.29 is 13.2 Å². The Balaban J connectivity index is 1.97. The minimum Gasteiger partial charge on any atom is -0.304 e. The van der Waals surface area contributed by atoms with Crippen LogP contribution in [0.25, 0.3) is 0 Å². The maximum absolute atomic E-state index is 12.7. The van der Waals surface area contributed by atoms with Crippen LogP contribution < -0.4 is 5.56 Å². The molecule has 1 aliphatic heterocycles. The fourth-order valence-corrected chi connectivity index (χ4v) is 4.51. The average Bonchev–Trinajstić information content (AvgIpc) is 3.17. The van der Waals surface area contributed by atoms with E-state index >= 15 is 0 Å². The third-order valence-electron chi connectivity index (χ3n) is 4.47. The van der Waals surface area contributed by atoms with Crippen LogP contribution in [0.2, 0.25) is 0 Å². The van der Waals surface area contributed by atoms with Gasteiger partial charge in [-0.2, -0.15) is 4.31 Å². The SMILES string of the molecule is CC(C(=O)c1ccccc1)n1cc(S(=O)(=O)N2CCCC2)ccc1=O. The zero-order chi connectivity index (χ0) is 18.0. The molecule has 2 heterocycles. The number of aromatic nitrogens is 1. The second-order valence-corrected chi connectivity index (χ2v) is 8.07. The summed E-state index contributed by atoms with van der Waals surface area (Å²) >= 11 is 0. The zero-order valence-electron chi connectivity index (χ0n) is 14.0. The molecular weight excluding hydrogens is 340 g/mol. The highest BCUT2D eigenvalue weighted by Gasteiger charge is 2.28. The van der Waals surface area contributed by atoms with E-state index in [1.165, 1.54) is 27.2 Å². The predicted molar refractivity (Wildman–Crippen MR) is 94.2 cm³/mol. The first-order valence-corrected chi connectivity index (χ1v) is 9.67. The molecule has 3 rings (SSSR count). The minimum absolute atomic E-state index is 0.0433. The molecule has 1 aromatic heterocycles. The second-order valence-electron chi connectivity index (χ2n) is 6.13. The van der Waals surface area contributed by atoms with Gasteiger partial charge < -0.3 is 4.57 Å². The van der Waals surface area contributed by atoms with Gasteiger partial charge in [-0.05, 0) is 25.8 Å². The first kappa shape index (κ1) is 17.6.